The van der Waals surface area contributed by atoms with E-state index in [-0.39, 0.29) is 11.8 Å². The standard InChI is InChI=1S/C25H31N3O2/c1-4-5-12-27-17-20(16-24(27)29)25-26-22-8-6-7-9-23(22)28(25)13-14-30-21-11-10-18(2)19(3)15-21/h6-11,15,20H,4-5,12-14,16-17H2,1-3H3/t20-/m0/s1. The fourth-order valence-corrected chi connectivity index (χ4v) is 4.21. The molecule has 1 aliphatic rings. The molecule has 158 valence electrons. The van der Waals surface area contributed by atoms with Gasteiger partial charge in [-0.3, -0.25) is 4.79 Å². The van der Waals surface area contributed by atoms with Gasteiger partial charge in [0.05, 0.1) is 17.6 Å². The predicted octanol–water partition coefficient (Wildman–Crippen LogP) is 4.85. The number of imidazole rings is 1. The smallest absolute Gasteiger partial charge is 0.223 e. The van der Waals surface area contributed by atoms with Crippen LogP contribution in [0.5, 0.6) is 5.75 Å². The lowest BCUT2D eigenvalue weighted by Gasteiger charge is -2.17. The van der Waals surface area contributed by atoms with Crippen molar-refractivity contribution in [2.24, 2.45) is 0 Å². The molecule has 1 amide bonds. The number of carbonyl (C=O) groups is 1. The number of fused-ring (bicyclic) bond motifs is 1. The minimum absolute atomic E-state index is 0.142. The number of para-hydroxylation sites is 2. The van der Waals surface area contributed by atoms with Crippen molar-refractivity contribution < 1.29 is 9.53 Å². The molecule has 2 aromatic carbocycles. The lowest BCUT2D eigenvalue weighted by molar-refractivity contribution is -0.127. The summed E-state index contributed by atoms with van der Waals surface area (Å²) in [5, 5.41) is 0. The molecule has 5 heteroatoms. The Hall–Kier alpha value is -2.82. The molecule has 0 aliphatic carbocycles. The van der Waals surface area contributed by atoms with Crippen LogP contribution in [0.25, 0.3) is 11.0 Å². The van der Waals surface area contributed by atoms with E-state index in [1.54, 1.807) is 0 Å². The summed E-state index contributed by atoms with van der Waals surface area (Å²) in [5.74, 6) is 2.29. The molecule has 0 saturated carbocycles. The Morgan fingerprint density at radius 3 is 2.73 bits per heavy atom. The van der Waals surface area contributed by atoms with E-state index in [9.17, 15) is 4.79 Å². The van der Waals surface area contributed by atoms with Crippen molar-refractivity contribution >= 4 is 16.9 Å². The van der Waals surface area contributed by atoms with Crippen molar-refractivity contribution in [1.29, 1.82) is 0 Å². The fourth-order valence-electron chi connectivity index (χ4n) is 4.21. The van der Waals surface area contributed by atoms with Gasteiger partial charge in [-0.1, -0.05) is 31.5 Å². The molecule has 0 N–H and O–H groups in total. The number of aryl methyl sites for hydroxylation is 2. The van der Waals surface area contributed by atoms with Crippen molar-refractivity contribution in [3.05, 3.63) is 59.4 Å². The highest BCUT2D eigenvalue weighted by Gasteiger charge is 2.33. The first kappa shape index (κ1) is 20.5. The molecule has 30 heavy (non-hydrogen) atoms. The third-order valence-corrected chi connectivity index (χ3v) is 6.11. The van der Waals surface area contributed by atoms with Crippen LogP contribution in [0, 0.1) is 13.8 Å². The SMILES string of the molecule is CCCCN1C[C@@H](c2nc3ccccc3n2CCOc2ccc(C)c(C)c2)CC1=O. The van der Waals surface area contributed by atoms with Crippen LogP contribution in [-0.4, -0.2) is 40.1 Å². The number of nitrogens with zero attached hydrogens (tertiary/aromatic N) is 3. The molecule has 5 nitrogen and oxygen atoms in total. The minimum atomic E-state index is 0.142. The number of amides is 1. The van der Waals surface area contributed by atoms with Crippen molar-refractivity contribution in [2.75, 3.05) is 19.7 Å². The summed E-state index contributed by atoms with van der Waals surface area (Å²) in [4.78, 5) is 19.4. The zero-order valence-electron chi connectivity index (χ0n) is 18.2. The first-order chi connectivity index (χ1) is 14.6. The second-order valence-electron chi connectivity index (χ2n) is 8.30. The lowest BCUT2D eigenvalue weighted by Crippen LogP contribution is -2.26. The highest BCUT2D eigenvalue weighted by atomic mass is 16.5. The topological polar surface area (TPSA) is 47.4 Å². The highest BCUT2D eigenvalue weighted by Crippen LogP contribution is 2.30. The van der Waals surface area contributed by atoms with Crippen LogP contribution in [0.1, 0.15) is 49.1 Å². The van der Waals surface area contributed by atoms with Gasteiger partial charge in [0.1, 0.15) is 18.2 Å². The Balaban J connectivity index is 1.53. The minimum Gasteiger partial charge on any atom is -0.492 e. The maximum atomic E-state index is 12.5. The van der Waals surface area contributed by atoms with Crippen LogP contribution in [0.3, 0.4) is 0 Å². The van der Waals surface area contributed by atoms with E-state index < -0.39 is 0 Å². The van der Waals surface area contributed by atoms with Crippen molar-refractivity contribution in [3.63, 3.8) is 0 Å². The van der Waals surface area contributed by atoms with E-state index in [1.807, 2.05) is 29.2 Å². The zero-order valence-corrected chi connectivity index (χ0v) is 18.2. The summed E-state index contributed by atoms with van der Waals surface area (Å²) in [5.41, 5.74) is 4.59. The average Bonchev–Trinajstić information content (AvgIpc) is 3.29. The average molecular weight is 406 g/mol. The highest BCUT2D eigenvalue weighted by molar-refractivity contribution is 5.80. The quantitative estimate of drug-likeness (QED) is 0.538. The van der Waals surface area contributed by atoms with Crippen LogP contribution in [-0.2, 0) is 11.3 Å². The van der Waals surface area contributed by atoms with Gasteiger partial charge in [-0.05, 0) is 55.7 Å². The van der Waals surface area contributed by atoms with Gasteiger partial charge >= 0.3 is 0 Å². The third-order valence-electron chi connectivity index (χ3n) is 6.11. The molecular formula is C25H31N3O2. The maximum absolute atomic E-state index is 12.5. The summed E-state index contributed by atoms with van der Waals surface area (Å²) in [6.07, 6.45) is 2.70. The van der Waals surface area contributed by atoms with Crippen molar-refractivity contribution in [1.82, 2.24) is 14.5 Å². The Bertz CT molecular complexity index is 1040. The molecule has 1 aromatic heterocycles. The number of hydrogen-bond acceptors (Lipinski definition) is 3. The number of hydrogen-bond donors (Lipinski definition) is 0. The molecule has 1 saturated heterocycles. The van der Waals surface area contributed by atoms with E-state index in [1.165, 1.54) is 11.1 Å². The second kappa shape index (κ2) is 8.90. The van der Waals surface area contributed by atoms with Gasteiger partial charge in [0, 0.05) is 25.4 Å². The van der Waals surface area contributed by atoms with Crippen molar-refractivity contribution in [3.8, 4) is 5.75 Å². The van der Waals surface area contributed by atoms with E-state index in [0.29, 0.717) is 19.6 Å². The number of unbranched alkanes of at least 4 members (excludes halogenated alkanes) is 1. The summed E-state index contributed by atoms with van der Waals surface area (Å²) in [7, 11) is 0. The molecule has 4 rings (SSSR count). The van der Waals surface area contributed by atoms with Crippen LogP contribution >= 0.6 is 0 Å². The monoisotopic (exact) mass is 405 g/mol. The Morgan fingerprint density at radius 2 is 1.93 bits per heavy atom. The van der Waals surface area contributed by atoms with Gasteiger partial charge in [0.25, 0.3) is 0 Å². The Labute approximate surface area is 178 Å². The molecule has 1 atom stereocenters. The second-order valence-corrected chi connectivity index (χ2v) is 8.30. The summed E-state index contributed by atoms with van der Waals surface area (Å²) in [6.45, 7) is 9.26. The normalized spacial score (nSPS) is 16.6. The molecular weight excluding hydrogens is 374 g/mol. The first-order valence-electron chi connectivity index (χ1n) is 11.0. The Morgan fingerprint density at radius 1 is 1.10 bits per heavy atom. The number of ether oxygens (including phenoxy) is 1. The molecule has 0 unspecified atom stereocenters. The number of rotatable bonds is 8. The van der Waals surface area contributed by atoms with Gasteiger partial charge in [-0.15, -0.1) is 0 Å². The van der Waals surface area contributed by atoms with Crippen LogP contribution in [0.2, 0.25) is 0 Å². The predicted molar refractivity (Wildman–Crippen MR) is 120 cm³/mol. The maximum Gasteiger partial charge on any atom is 0.223 e. The molecule has 0 spiro atoms. The van der Waals surface area contributed by atoms with Gasteiger partial charge in [0.15, 0.2) is 0 Å². The van der Waals surface area contributed by atoms with Crippen LogP contribution < -0.4 is 4.74 Å². The number of aromatic nitrogens is 2. The zero-order chi connectivity index (χ0) is 21.1. The molecule has 3 aromatic rings. The third kappa shape index (κ3) is 4.20. The molecule has 2 heterocycles. The van der Waals surface area contributed by atoms with Crippen molar-refractivity contribution in [2.45, 2.75) is 52.5 Å². The lowest BCUT2D eigenvalue weighted by atomic mass is 10.1. The first-order valence-corrected chi connectivity index (χ1v) is 11.0. The molecule has 0 bridgehead atoms. The van der Waals surface area contributed by atoms with Gasteiger partial charge in [-0.2, -0.15) is 0 Å². The van der Waals surface area contributed by atoms with E-state index in [2.05, 4.69) is 43.5 Å². The number of likely N-dealkylation sites (tertiary alicyclic amines) is 1. The van der Waals surface area contributed by atoms with Gasteiger partial charge < -0.3 is 14.2 Å². The van der Waals surface area contributed by atoms with E-state index in [0.717, 1.165) is 48.5 Å². The summed E-state index contributed by atoms with van der Waals surface area (Å²) in [6, 6.07) is 14.4. The molecule has 1 aliphatic heterocycles. The molecule has 0 radical (unpaired) electrons. The molecule has 1 fully saturated rings. The van der Waals surface area contributed by atoms with Gasteiger partial charge in [-0.25, -0.2) is 4.98 Å². The van der Waals surface area contributed by atoms with Crippen LogP contribution in [0.4, 0.5) is 0 Å². The van der Waals surface area contributed by atoms with E-state index in [4.69, 9.17) is 9.72 Å². The fraction of sp³-hybridized carbons (Fsp3) is 0.440. The summed E-state index contributed by atoms with van der Waals surface area (Å²) >= 11 is 0. The number of carbonyl (C=O) groups excluding carboxylic acids is 1. The summed E-state index contributed by atoms with van der Waals surface area (Å²) < 4.78 is 8.30. The van der Waals surface area contributed by atoms with Gasteiger partial charge in [0.2, 0.25) is 5.91 Å². The largest absolute Gasteiger partial charge is 0.492 e. The van der Waals surface area contributed by atoms with E-state index >= 15 is 0 Å². The Kier molecular flexibility index (Phi) is 6.07. The van der Waals surface area contributed by atoms with Crippen LogP contribution in [0.15, 0.2) is 42.5 Å². The number of benzene rings is 2.